The second-order valence-electron chi connectivity index (χ2n) is 5.32. The van der Waals surface area contributed by atoms with E-state index in [9.17, 15) is 9.90 Å². The number of aromatic hydroxyl groups is 1. The van der Waals surface area contributed by atoms with Crippen LogP contribution in [0.1, 0.15) is 62.6 Å². The van der Waals surface area contributed by atoms with Crippen LogP contribution in [0.25, 0.3) is 0 Å². The summed E-state index contributed by atoms with van der Waals surface area (Å²) in [6.07, 6.45) is 7.14. The topological polar surface area (TPSA) is 37.3 Å². The van der Waals surface area contributed by atoms with Crippen LogP contribution in [-0.4, -0.2) is 10.3 Å². The Hall–Kier alpha value is -1.02. The third-order valence-electron chi connectivity index (χ3n) is 3.54. The van der Waals surface area contributed by atoms with E-state index in [1.54, 1.807) is 0 Å². The zero-order chi connectivity index (χ0) is 15.0. The maximum Gasteiger partial charge on any atom is 0.221 e. The van der Waals surface area contributed by atoms with Gasteiger partial charge >= 0.3 is 0 Å². The van der Waals surface area contributed by atoms with E-state index in [-0.39, 0.29) is 5.24 Å². The Labute approximate surface area is 127 Å². The van der Waals surface area contributed by atoms with Crippen LogP contribution in [0.5, 0.6) is 5.75 Å². The summed E-state index contributed by atoms with van der Waals surface area (Å²) in [5.74, 6) is 0.452. The van der Waals surface area contributed by atoms with Gasteiger partial charge < -0.3 is 5.11 Å². The molecule has 0 aliphatic heterocycles. The number of hydrogen-bond donors (Lipinski definition) is 1. The van der Waals surface area contributed by atoms with Crippen LogP contribution in [0.15, 0.2) is 12.1 Å². The first-order chi connectivity index (χ1) is 9.58. The molecule has 0 aliphatic rings. The van der Waals surface area contributed by atoms with E-state index in [0.717, 1.165) is 55.2 Å². The first kappa shape index (κ1) is 17.0. The molecule has 2 nitrogen and oxygen atoms in total. The van der Waals surface area contributed by atoms with Gasteiger partial charge in [-0.15, -0.1) is 0 Å². The van der Waals surface area contributed by atoms with Gasteiger partial charge in [-0.05, 0) is 60.4 Å². The molecule has 0 aliphatic carbocycles. The van der Waals surface area contributed by atoms with Crippen LogP contribution in [-0.2, 0) is 24.1 Å². The van der Waals surface area contributed by atoms with Crippen molar-refractivity contribution in [2.45, 2.75) is 65.2 Å². The molecule has 0 radical (unpaired) electrons. The number of benzene rings is 1. The number of aryl methyl sites for hydroxylation is 3. The van der Waals surface area contributed by atoms with E-state index in [1.165, 1.54) is 0 Å². The molecule has 3 heteroatoms. The van der Waals surface area contributed by atoms with Crippen molar-refractivity contribution in [2.75, 3.05) is 0 Å². The highest BCUT2D eigenvalue weighted by Crippen LogP contribution is 2.28. The summed E-state index contributed by atoms with van der Waals surface area (Å²) in [7, 11) is 0. The van der Waals surface area contributed by atoms with Gasteiger partial charge in [-0.2, -0.15) is 0 Å². The zero-order valence-electron chi connectivity index (χ0n) is 12.5. The number of carbonyl (C=O) groups excluding carboxylic acids is 1. The van der Waals surface area contributed by atoms with Crippen LogP contribution in [0.3, 0.4) is 0 Å². The molecule has 0 amide bonds. The molecule has 20 heavy (non-hydrogen) atoms. The molecule has 0 heterocycles. The maximum absolute atomic E-state index is 10.9. The Kier molecular flexibility index (Phi) is 7.68. The van der Waals surface area contributed by atoms with Crippen molar-refractivity contribution in [2.24, 2.45) is 0 Å². The lowest BCUT2D eigenvalue weighted by atomic mass is 9.95. The minimum atomic E-state index is -0.303. The molecule has 0 aromatic heterocycles. The predicted octanol–water partition coefficient (Wildman–Crippen LogP) is 4.78. The number of phenolic OH excluding ortho intramolecular Hbond substituents is 1. The lowest BCUT2D eigenvalue weighted by Gasteiger charge is -2.13. The Morgan fingerprint density at radius 2 is 1.55 bits per heavy atom. The first-order valence-electron chi connectivity index (χ1n) is 7.60. The number of hydrogen-bond acceptors (Lipinski definition) is 2. The van der Waals surface area contributed by atoms with Crippen molar-refractivity contribution in [3.05, 3.63) is 28.8 Å². The molecule has 0 fully saturated rings. The molecule has 0 spiro atoms. The zero-order valence-corrected chi connectivity index (χ0v) is 13.3. The quantitative estimate of drug-likeness (QED) is 0.666. The summed E-state index contributed by atoms with van der Waals surface area (Å²) < 4.78 is 0. The van der Waals surface area contributed by atoms with E-state index in [0.29, 0.717) is 18.6 Å². The predicted molar refractivity (Wildman–Crippen MR) is 84.5 cm³/mol. The summed E-state index contributed by atoms with van der Waals surface area (Å²) >= 11 is 5.42. The Balaban J connectivity index is 2.95. The van der Waals surface area contributed by atoms with Crippen LogP contribution in [0, 0.1) is 0 Å². The molecular weight excluding hydrogens is 272 g/mol. The molecule has 0 saturated heterocycles. The van der Waals surface area contributed by atoms with Gasteiger partial charge in [0.15, 0.2) is 0 Å². The minimum absolute atomic E-state index is 0.303. The van der Waals surface area contributed by atoms with Crippen LogP contribution in [0.4, 0.5) is 0 Å². The molecule has 1 aromatic carbocycles. The van der Waals surface area contributed by atoms with Crippen molar-refractivity contribution in [3.8, 4) is 5.75 Å². The van der Waals surface area contributed by atoms with Crippen molar-refractivity contribution < 1.29 is 9.90 Å². The number of halogens is 1. The highest BCUT2D eigenvalue weighted by molar-refractivity contribution is 6.63. The summed E-state index contributed by atoms with van der Waals surface area (Å²) in [5, 5.41) is 10.0. The lowest BCUT2D eigenvalue weighted by Crippen LogP contribution is -1.98. The van der Waals surface area contributed by atoms with E-state index in [2.05, 4.69) is 13.8 Å². The summed E-state index contributed by atoms with van der Waals surface area (Å²) in [5.41, 5.74) is 3.13. The Bertz CT molecular complexity index is 412. The van der Waals surface area contributed by atoms with Crippen LogP contribution in [0.2, 0.25) is 0 Å². The van der Waals surface area contributed by atoms with E-state index in [4.69, 9.17) is 11.6 Å². The van der Waals surface area contributed by atoms with Gasteiger partial charge in [0.2, 0.25) is 5.24 Å². The first-order valence-corrected chi connectivity index (χ1v) is 7.98. The highest BCUT2D eigenvalue weighted by atomic mass is 35.5. The van der Waals surface area contributed by atoms with Crippen molar-refractivity contribution in [1.29, 1.82) is 0 Å². The van der Waals surface area contributed by atoms with Gasteiger partial charge in [0.1, 0.15) is 5.75 Å². The van der Waals surface area contributed by atoms with Crippen LogP contribution < -0.4 is 0 Å². The lowest BCUT2D eigenvalue weighted by molar-refractivity contribution is -0.111. The average molecular weight is 297 g/mol. The second kappa shape index (κ2) is 9.02. The molecule has 0 saturated carbocycles. The molecule has 112 valence electrons. The maximum atomic E-state index is 10.9. The SMILES string of the molecule is CCCCc1cc(CCC(=O)Cl)cc(CCCC)c1O. The normalized spacial score (nSPS) is 10.8. The Morgan fingerprint density at radius 3 is 1.95 bits per heavy atom. The molecule has 0 atom stereocenters. The fourth-order valence-corrected chi connectivity index (χ4v) is 2.43. The van der Waals surface area contributed by atoms with Crippen molar-refractivity contribution in [3.63, 3.8) is 0 Å². The largest absolute Gasteiger partial charge is 0.507 e. The standard InChI is InChI=1S/C17H25ClO2/c1-3-5-7-14-11-13(9-10-16(18)19)12-15(17(14)20)8-6-4-2/h11-12,20H,3-10H2,1-2H3. The van der Waals surface area contributed by atoms with E-state index >= 15 is 0 Å². The smallest absolute Gasteiger partial charge is 0.221 e. The van der Waals surface area contributed by atoms with Gasteiger partial charge in [-0.25, -0.2) is 0 Å². The molecule has 1 rings (SSSR count). The molecule has 1 N–H and O–H groups in total. The van der Waals surface area contributed by atoms with Crippen molar-refractivity contribution in [1.82, 2.24) is 0 Å². The number of rotatable bonds is 9. The second-order valence-corrected chi connectivity index (χ2v) is 5.75. The molecule has 0 unspecified atom stereocenters. The van der Waals surface area contributed by atoms with E-state index in [1.807, 2.05) is 12.1 Å². The van der Waals surface area contributed by atoms with Gasteiger partial charge in [-0.1, -0.05) is 38.8 Å². The molecular formula is C17H25ClO2. The fraction of sp³-hybridized carbons (Fsp3) is 0.588. The Morgan fingerprint density at radius 1 is 1.05 bits per heavy atom. The summed E-state index contributed by atoms with van der Waals surface area (Å²) in [6, 6.07) is 4.06. The van der Waals surface area contributed by atoms with Gasteiger partial charge in [0.25, 0.3) is 0 Å². The molecule has 1 aromatic rings. The van der Waals surface area contributed by atoms with Crippen LogP contribution >= 0.6 is 11.6 Å². The van der Waals surface area contributed by atoms with Gasteiger partial charge in [-0.3, -0.25) is 4.79 Å². The number of unbranched alkanes of at least 4 members (excludes halogenated alkanes) is 2. The highest BCUT2D eigenvalue weighted by Gasteiger charge is 2.10. The third-order valence-corrected chi connectivity index (χ3v) is 3.73. The van der Waals surface area contributed by atoms with Gasteiger partial charge in [0, 0.05) is 6.42 Å². The average Bonchev–Trinajstić information content (AvgIpc) is 2.43. The number of carbonyl (C=O) groups is 1. The monoisotopic (exact) mass is 296 g/mol. The summed E-state index contributed by atoms with van der Waals surface area (Å²) in [6.45, 7) is 4.29. The minimum Gasteiger partial charge on any atom is -0.507 e. The fourth-order valence-electron chi connectivity index (χ4n) is 2.33. The third kappa shape index (κ3) is 5.54. The summed E-state index contributed by atoms with van der Waals surface area (Å²) in [4.78, 5) is 10.9. The van der Waals surface area contributed by atoms with E-state index < -0.39 is 0 Å². The van der Waals surface area contributed by atoms with Crippen molar-refractivity contribution >= 4 is 16.8 Å². The number of phenols is 1. The van der Waals surface area contributed by atoms with Gasteiger partial charge in [0.05, 0.1) is 0 Å². The molecule has 0 bridgehead atoms.